The van der Waals surface area contributed by atoms with Gasteiger partial charge in [0.2, 0.25) is 5.91 Å². The van der Waals surface area contributed by atoms with Gasteiger partial charge >= 0.3 is 5.97 Å². The normalized spacial score (nSPS) is 40.6. The number of nitrogens with two attached hydrogens (primary N) is 1. The summed E-state index contributed by atoms with van der Waals surface area (Å²) in [6.45, 7) is 0.645. The SMILES string of the molecule is NC1CCCC(C(=O)N2CC3CCCC3C2C(=O)O)C1. The summed E-state index contributed by atoms with van der Waals surface area (Å²) in [5.74, 6) is -0.264. The number of hydrogen-bond donors (Lipinski definition) is 2. The Balaban J connectivity index is 1.74. The second-order valence-electron chi connectivity index (χ2n) is 6.75. The maximum Gasteiger partial charge on any atom is 0.326 e. The topological polar surface area (TPSA) is 83.6 Å². The predicted octanol–water partition coefficient (Wildman–Crippen LogP) is 1.22. The molecule has 1 saturated heterocycles. The Morgan fingerprint density at radius 3 is 2.55 bits per heavy atom. The quantitative estimate of drug-likeness (QED) is 0.796. The standard InChI is InChI=1S/C15H24N2O3/c16-11-5-1-3-9(7-11)14(18)17-8-10-4-2-6-12(10)13(17)15(19)20/h9-13H,1-8,16H2,(H,19,20). The van der Waals surface area contributed by atoms with Crippen LogP contribution in [0.3, 0.4) is 0 Å². The number of nitrogens with zero attached hydrogens (tertiary/aromatic N) is 1. The average molecular weight is 280 g/mol. The van der Waals surface area contributed by atoms with E-state index in [0.717, 1.165) is 44.9 Å². The highest BCUT2D eigenvalue weighted by molar-refractivity contribution is 5.86. The molecule has 3 N–H and O–H groups in total. The van der Waals surface area contributed by atoms with Crippen molar-refractivity contribution in [2.24, 2.45) is 23.5 Å². The Hall–Kier alpha value is -1.10. The Morgan fingerprint density at radius 2 is 1.85 bits per heavy atom. The Labute approximate surface area is 119 Å². The van der Waals surface area contributed by atoms with Crippen molar-refractivity contribution in [3.8, 4) is 0 Å². The fraction of sp³-hybridized carbons (Fsp3) is 0.867. The number of fused-ring (bicyclic) bond motifs is 1. The summed E-state index contributed by atoms with van der Waals surface area (Å²) in [7, 11) is 0. The Kier molecular flexibility index (Phi) is 3.71. The minimum absolute atomic E-state index is 0.0435. The lowest BCUT2D eigenvalue weighted by atomic mass is 9.85. The lowest BCUT2D eigenvalue weighted by Gasteiger charge is -2.32. The highest BCUT2D eigenvalue weighted by Crippen LogP contribution is 2.43. The van der Waals surface area contributed by atoms with E-state index in [4.69, 9.17) is 5.73 Å². The second-order valence-corrected chi connectivity index (χ2v) is 6.75. The monoisotopic (exact) mass is 280 g/mol. The van der Waals surface area contributed by atoms with Crippen LogP contribution in [0.5, 0.6) is 0 Å². The van der Waals surface area contributed by atoms with Crippen LogP contribution in [0, 0.1) is 17.8 Å². The summed E-state index contributed by atoms with van der Waals surface area (Å²) in [6.07, 6.45) is 6.68. The van der Waals surface area contributed by atoms with Gasteiger partial charge in [0.05, 0.1) is 0 Å². The minimum Gasteiger partial charge on any atom is -0.480 e. The zero-order chi connectivity index (χ0) is 14.3. The van der Waals surface area contributed by atoms with Gasteiger partial charge in [0.25, 0.3) is 0 Å². The number of carboxylic acids is 1. The van der Waals surface area contributed by atoms with E-state index in [1.807, 2.05) is 0 Å². The van der Waals surface area contributed by atoms with Crippen LogP contribution in [0.1, 0.15) is 44.9 Å². The van der Waals surface area contributed by atoms with Crippen molar-refractivity contribution >= 4 is 11.9 Å². The molecular formula is C15H24N2O3. The third-order valence-corrected chi connectivity index (χ3v) is 5.49. The lowest BCUT2D eigenvalue weighted by Crippen LogP contribution is -2.47. The second kappa shape index (κ2) is 5.35. The molecule has 1 aliphatic heterocycles. The zero-order valence-electron chi connectivity index (χ0n) is 11.8. The van der Waals surface area contributed by atoms with E-state index >= 15 is 0 Å². The first kappa shape index (κ1) is 13.9. The lowest BCUT2D eigenvalue weighted by molar-refractivity contribution is -0.151. The molecule has 112 valence electrons. The third kappa shape index (κ3) is 2.32. The van der Waals surface area contributed by atoms with Gasteiger partial charge in [0.15, 0.2) is 0 Å². The molecule has 0 aromatic heterocycles. The Morgan fingerprint density at radius 1 is 1.10 bits per heavy atom. The molecule has 5 heteroatoms. The molecule has 2 saturated carbocycles. The van der Waals surface area contributed by atoms with Gasteiger partial charge in [-0.3, -0.25) is 4.79 Å². The van der Waals surface area contributed by atoms with E-state index in [0.29, 0.717) is 12.5 Å². The van der Waals surface area contributed by atoms with Crippen LogP contribution in [0.25, 0.3) is 0 Å². The van der Waals surface area contributed by atoms with Crippen LogP contribution in [0.15, 0.2) is 0 Å². The van der Waals surface area contributed by atoms with Crippen LogP contribution >= 0.6 is 0 Å². The van der Waals surface area contributed by atoms with Crippen LogP contribution in [0.2, 0.25) is 0 Å². The number of amides is 1. The fourth-order valence-corrected chi connectivity index (χ4v) is 4.54. The van der Waals surface area contributed by atoms with Crippen molar-refractivity contribution in [1.82, 2.24) is 4.90 Å². The first-order valence-electron chi connectivity index (χ1n) is 7.86. The van der Waals surface area contributed by atoms with E-state index in [9.17, 15) is 14.7 Å². The molecule has 1 amide bonds. The largest absolute Gasteiger partial charge is 0.480 e. The molecule has 3 fully saturated rings. The summed E-state index contributed by atoms with van der Waals surface area (Å²) in [4.78, 5) is 26.0. The smallest absolute Gasteiger partial charge is 0.326 e. The van der Waals surface area contributed by atoms with Crippen LogP contribution in [-0.4, -0.2) is 40.5 Å². The molecule has 0 aromatic rings. The van der Waals surface area contributed by atoms with Gasteiger partial charge in [-0.1, -0.05) is 12.8 Å². The van der Waals surface area contributed by atoms with Crippen molar-refractivity contribution in [1.29, 1.82) is 0 Å². The molecule has 3 rings (SSSR count). The number of carbonyl (C=O) groups is 2. The third-order valence-electron chi connectivity index (χ3n) is 5.49. The molecular weight excluding hydrogens is 256 g/mol. The van der Waals surface area contributed by atoms with Crippen LogP contribution in [-0.2, 0) is 9.59 Å². The van der Waals surface area contributed by atoms with E-state index in [2.05, 4.69) is 0 Å². The maximum absolute atomic E-state index is 12.7. The highest BCUT2D eigenvalue weighted by Gasteiger charge is 2.50. The number of hydrogen-bond acceptors (Lipinski definition) is 3. The summed E-state index contributed by atoms with van der Waals surface area (Å²) in [6, 6.07) is -0.490. The number of carboxylic acid groups (broad SMARTS) is 1. The number of rotatable bonds is 2. The van der Waals surface area contributed by atoms with Gasteiger partial charge in [0, 0.05) is 18.5 Å². The van der Waals surface area contributed by atoms with Gasteiger partial charge < -0.3 is 15.7 Å². The number of carbonyl (C=O) groups excluding carboxylic acids is 1. The molecule has 5 atom stereocenters. The van der Waals surface area contributed by atoms with Gasteiger partial charge in [-0.2, -0.15) is 0 Å². The summed E-state index contributed by atoms with van der Waals surface area (Å²) in [5.41, 5.74) is 5.96. The molecule has 0 bridgehead atoms. The van der Waals surface area contributed by atoms with Gasteiger partial charge in [-0.05, 0) is 43.9 Å². The van der Waals surface area contributed by atoms with E-state index < -0.39 is 12.0 Å². The fourth-order valence-electron chi connectivity index (χ4n) is 4.54. The molecule has 20 heavy (non-hydrogen) atoms. The summed E-state index contributed by atoms with van der Waals surface area (Å²) < 4.78 is 0. The number of aliphatic carboxylic acids is 1. The molecule has 5 unspecified atom stereocenters. The van der Waals surface area contributed by atoms with E-state index in [1.54, 1.807) is 4.90 Å². The van der Waals surface area contributed by atoms with Gasteiger partial charge in [0.1, 0.15) is 6.04 Å². The predicted molar refractivity (Wildman–Crippen MR) is 73.9 cm³/mol. The van der Waals surface area contributed by atoms with Crippen molar-refractivity contribution in [2.45, 2.75) is 57.0 Å². The molecule has 0 radical (unpaired) electrons. The molecule has 2 aliphatic carbocycles. The van der Waals surface area contributed by atoms with Crippen molar-refractivity contribution in [3.05, 3.63) is 0 Å². The van der Waals surface area contributed by atoms with Crippen molar-refractivity contribution in [2.75, 3.05) is 6.54 Å². The van der Waals surface area contributed by atoms with E-state index in [-0.39, 0.29) is 23.8 Å². The molecule has 0 aromatic carbocycles. The number of likely N-dealkylation sites (tertiary alicyclic amines) is 1. The van der Waals surface area contributed by atoms with Crippen molar-refractivity contribution in [3.63, 3.8) is 0 Å². The summed E-state index contributed by atoms with van der Waals surface area (Å²) in [5, 5.41) is 9.51. The van der Waals surface area contributed by atoms with E-state index in [1.165, 1.54) is 0 Å². The van der Waals surface area contributed by atoms with Crippen LogP contribution in [0.4, 0.5) is 0 Å². The molecule has 1 heterocycles. The molecule has 5 nitrogen and oxygen atoms in total. The minimum atomic E-state index is -0.826. The molecule has 0 spiro atoms. The first-order chi connectivity index (χ1) is 9.58. The highest BCUT2D eigenvalue weighted by atomic mass is 16.4. The van der Waals surface area contributed by atoms with Gasteiger partial charge in [-0.15, -0.1) is 0 Å². The van der Waals surface area contributed by atoms with Crippen LogP contribution < -0.4 is 5.73 Å². The summed E-state index contributed by atoms with van der Waals surface area (Å²) >= 11 is 0. The average Bonchev–Trinajstić information content (AvgIpc) is 2.96. The maximum atomic E-state index is 12.7. The first-order valence-corrected chi connectivity index (χ1v) is 7.86. The Bertz CT molecular complexity index is 412. The zero-order valence-corrected chi connectivity index (χ0v) is 11.8. The van der Waals surface area contributed by atoms with Crippen molar-refractivity contribution < 1.29 is 14.7 Å². The molecule has 3 aliphatic rings. The van der Waals surface area contributed by atoms with Gasteiger partial charge in [-0.25, -0.2) is 4.79 Å².